The van der Waals surface area contributed by atoms with Gasteiger partial charge in [-0.2, -0.15) is 5.26 Å². The zero-order chi connectivity index (χ0) is 11.7. The number of hydrogen-bond donors (Lipinski definition) is 0. The largest absolute Gasteiger partial charge is 0.493 e. The molecule has 0 aromatic heterocycles. The Morgan fingerprint density at radius 2 is 2.06 bits per heavy atom. The van der Waals surface area contributed by atoms with Crippen molar-refractivity contribution in [2.24, 2.45) is 5.41 Å². The highest BCUT2D eigenvalue weighted by atomic mass is 16.5. The second-order valence-electron chi connectivity index (χ2n) is 5.41. The van der Waals surface area contributed by atoms with E-state index in [2.05, 4.69) is 24.3 Å². The van der Waals surface area contributed by atoms with Gasteiger partial charge in [0.15, 0.2) is 0 Å². The van der Waals surface area contributed by atoms with Crippen LogP contribution >= 0.6 is 0 Å². The quantitative estimate of drug-likeness (QED) is 0.791. The van der Waals surface area contributed by atoms with Crippen molar-refractivity contribution >= 4 is 0 Å². The van der Waals surface area contributed by atoms with Crippen LogP contribution in [0, 0.1) is 16.7 Å². The van der Waals surface area contributed by atoms with Gasteiger partial charge in [0.25, 0.3) is 0 Å². The molecule has 0 aliphatic heterocycles. The molecule has 0 saturated heterocycles. The van der Waals surface area contributed by atoms with Crippen molar-refractivity contribution in [3.8, 4) is 11.8 Å². The van der Waals surface area contributed by atoms with Crippen LogP contribution < -0.4 is 4.74 Å². The van der Waals surface area contributed by atoms with Crippen molar-refractivity contribution in [3.63, 3.8) is 0 Å². The third-order valence-electron chi connectivity index (χ3n) is 4.03. The summed E-state index contributed by atoms with van der Waals surface area (Å²) in [5.74, 6) is 0.981. The van der Waals surface area contributed by atoms with E-state index in [0.717, 1.165) is 18.6 Å². The highest BCUT2D eigenvalue weighted by Crippen LogP contribution is 2.48. The summed E-state index contributed by atoms with van der Waals surface area (Å²) < 4.78 is 5.86. The number of rotatable bonds is 4. The Bertz CT molecular complexity index is 468. The molecule has 2 aliphatic rings. The van der Waals surface area contributed by atoms with Gasteiger partial charge in [-0.15, -0.1) is 0 Å². The minimum atomic E-state index is 0.174. The summed E-state index contributed by atoms with van der Waals surface area (Å²) in [6.45, 7) is 0.708. The van der Waals surface area contributed by atoms with Gasteiger partial charge in [-0.3, -0.25) is 0 Å². The Morgan fingerprint density at radius 1 is 1.24 bits per heavy atom. The molecule has 17 heavy (non-hydrogen) atoms. The van der Waals surface area contributed by atoms with Gasteiger partial charge in [-0.25, -0.2) is 0 Å². The zero-order valence-corrected chi connectivity index (χ0v) is 10.0. The molecule has 0 amide bonds. The maximum absolute atomic E-state index is 8.76. The maximum Gasteiger partial charge on any atom is 0.119 e. The molecule has 0 atom stereocenters. The average Bonchev–Trinajstić information content (AvgIpc) is 2.95. The molecule has 2 aliphatic carbocycles. The fraction of sp³-hybridized carbons (Fsp3) is 0.533. The molecule has 1 aromatic carbocycles. The van der Waals surface area contributed by atoms with E-state index >= 15 is 0 Å². The van der Waals surface area contributed by atoms with Crippen LogP contribution in [0.2, 0.25) is 0 Å². The van der Waals surface area contributed by atoms with Crippen LogP contribution in [0.5, 0.6) is 5.75 Å². The average molecular weight is 227 g/mol. The molecular formula is C15H17NO. The third kappa shape index (κ3) is 2.15. The molecule has 0 unspecified atom stereocenters. The van der Waals surface area contributed by atoms with Gasteiger partial charge < -0.3 is 4.74 Å². The summed E-state index contributed by atoms with van der Waals surface area (Å²) in [7, 11) is 0. The first-order valence-electron chi connectivity index (χ1n) is 6.43. The molecule has 1 aromatic rings. The van der Waals surface area contributed by atoms with E-state index in [1.165, 1.54) is 30.4 Å². The molecule has 2 heteroatoms. The molecule has 2 nitrogen and oxygen atoms in total. The lowest BCUT2D eigenvalue weighted by molar-refractivity contribution is 0.236. The monoisotopic (exact) mass is 227 g/mol. The lowest BCUT2D eigenvalue weighted by Gasteiger charge is -2.13. The number of aryl methyl sites for hydroxylation is 2. The Balaban J connectivity index is 1.64. The highest BCUT2D eigenvalue weighted by Gasteiger charge is 2.43. The van der Waals surface area contributed by atoms with Crippen molar-refractivity contribution in [2.75, 3.05) is 6.61 Å². The van der Waals surface area contributed by atoms with E-state index < -0.39 is 0 Å². The first kappa shape index (κ1) is 10.7. The summed E-state index contributed by atoms with van der Waals surface area (Å²) >= 11 is 0. The summed E-state index contributed by atoms with van der Waals surface area (Å²) in [5.41, 5.74) is 3.11. The molecule has 1 fully saturated rings. The normalized spacial score (nSPS) is 19.5. The summed E-state index contributed by atoms with van der Waals surface area (Å²) in [4.78, 5) is 0. The fourth-order valence-corrected chi connectivity index (χ4v) is 2.59. The predicted molar refractivity (Wildman–Crippen MR) is 65.9 cm³/mol. The summed E-state index contributed by atoms with van der Waals surface area (Å²) in [6.07, 6.45) is 6.61. The molecule has 1 saturated carbocycles. The zero-order valence-electron chi connectivity index (χ0n) is 10.0. The fourth-order valence-electron chi connectivity index (χ4n) is 2.59. The lowest BCUT2D eigenvalue weighted by atomic mass is 10.1. The topological polar surface area (TPSA) is 33.0 Å². The lowest BCUT2D eigenvalue weighted by Crippen LogP contribution is -2.12. The maximum atomic E-state index is 8.76. The SMILES string of the molecule is N#CCC1(COc2ccc3c(c2)CCC3)CC1. The van der Waals surface area contributed by atoms with Crippen LogP contribution in [0.3, 0.4) is 0 Å². The van der Waals surface area contributed by atoms with E-state index in [-0.39, 0.29) is 5.41 Å². The van der Waals surface area contributed by atoms with Gasteiger partial charge in [0.1, 0.15) is 5.75 Å². The molecule has 88 valence electrons. The Morgan fingerprint density at radius 3 is 2.82 bits per heavy atom. The minimum absolute atomic E-state index is 0.174. The van der Waals surface area contributed by atoms with Gasteiger partial charge in [0.2, 0.25) is 0 Å². The first-order valence-corrected chi connectivity index (χ1v) is 6.43. The smallest absolute Gasteiger partial charge is 0.119 e. The van der Waals surface area contributed by atoms with Crippen molar-refractivity contribution in [1.82, 2.24) is 0 Å². The minimum Gasteiger partial charge on any atom is -0.493 e. The third-order valence-corrected chi connectivity index (χ3v) is 4.03. The van der Waals surface area contributed by atoms with Crippen molar-refractivity contribution in [3.05, 3.63) is 29.3 Å². The van der Waals surface area contributed by atoms with Crippen LogP contribution in [-0.4, -0.2) is 6.61 Å². The van der Waals surface area contributed by atoms with Crippen molar-refractivity contribution in [1.29, 1.82) is 5.26 Å². The molecule has 3 rings (SSSR count). The Kier molecular flexibility index (Phi) is 2.55. The Hall–Kier alpha value is -1.49. The van der Waals surface area contributed by atoms with Crippen LogP contribution in [0.15, 0.2) is 18.2 Å². The first-order chi connectivity index (χ1) is 8.31. The van der Waals surface area contributed by atoms with Crippen LogP contribution in [0.1, 0.15) is 36.8 Å². The number of fused-ring (bicyclic) bond motifs is 1. The van der Waals surface area contributed by atoms with Gasteiger partial charge in [-0.05, 0) is 55.4 Å². The number of nitrogens with zero attached hydrogens (tertiary/aromatic N) is 1. The van der Waals surface area contributed by atoms with E-state index in [9.17, 15) is 0 Å². The number of nitriles is 1. The van der Waals surface area contributed by atoms with E-state index in [4.69, 9.17) is 10.00 Å². The number of benzene rings is 1. The standard InChI is InChI=1S/C15H17NO/c16-9-8-15(6-7-15)11-17-14-5-4-12-2-1-3-13(12)10-14/h4-5,10H,1-3,6-8,11H2. The number of ether oxygens (including phenoxy) is 1. The molecule has 0 spiro atoms. The molecule has 0 radical (unpaired) electrons. The van der Waals surface area contributed by atoms with Crippen molar-refractivity contribution in [2.45, 2.75) is 38.5 Å². The molecule has 0 N–H and O–H groups in total. The number of hydrogen-bond acceptors (Lipinski definition) is 2. The van der Waals surface area contributed by atoms with E-state index in [1.807, 2.05) is 0 Å². The Labute approximate surface area is 102 Å². The van der Waals surface area contributed by atoms with E-state index in [0.29, 0.717) is 13.0 Å². The van der Waals surface area contributed by atoms with E-state index in [1.54, 1.807) is 0 Å². The molecule has 0 bridgehead atoms. The highest BCUT2D eigenvalue weighted by molar-refractivity contribution is 5.38. The predicted octanol–water partition coefficient (Wildman–Crippen LogP) is 3.25. The van der Waals surface area contributed by atoms with Crippen LogP contribution in [0.25, 0.3) is 0 Å². The van der Waals surface area contributed by atoms with Crippen LogP contribution in [0.4, 0.5) is 0 Å². The van der Waals surface area contributed by atoms with Gasteiger partial charge >= 0.3 is 0 Å². The van der Waals surface area contributed by atoms with Gasteiger partial charge in [0, 0.05) is 11.8 Å². The van der Waals surface area contributed by atoms with Gasteiger partial charge in [0.05, 0.1) is 12.7 Å². The van der Waals surface area contributed by atoms with Crippen molar-refractivity contribution < 1.29 is 4.74 Å². The van der Waals surface area contributed by atoms with Gasteiger partial charge in [-0.1, -0.05) is 6.07 Å². The van der Waals surface area contributed by atoms with Crippen LogP contribution in [-0.2, 0) is 12.8 Å². The second kappa shape index (κ2) is 4.07. The second-order valence-corrected chi connectivity index (χ2v) is 5.41. The summed E-state index contributed by atoms with van der Waals surface area (Å²) in [6, 6.07) is 8.73. The molecule has 0 heterocycles. The summed E-state index contributed by atoms with van der Waals surface area (Å²) in [5, 5.41) is 8.76. The molecular weight excluding hydrogens is 210 g/mol.